The highest BCUT2D eigenvalue weighted by Gasteiger charge is 2.14. The zero-order valence-electron chi connectivity index (χ0n) is 14.7. The SMILES string of the molecule is CCCCCn1c(SCC(=O)NC(=O)NC)nc2cc(Cl)ccc2c1=O. The number of imide groups is 1. The van der Waals surface area contributed by atoms with Crippen LogP contribution in [0.3, 0.4) is 0 Å². The number of fused-ring (bicyclic) bond motifs is 1. The molecule has 0 fully saturated rings. The Labute approximate surface area is 160 Å². The van der Waals surface area contributed by atoms with E-state index in [4.69, 9.17) is 11.6 Å². The van der Waals surface area contributed by atoms with Crippen molar-refractivity contribution in [2.75, 3.05) is 12.8 Å². The van der Waals surface area contributed by atoms with E-state index in [-0.39, 0.29) is 11.3 Å². The Balaban J connectivity index is 2.31. The number of benzene rings is 1. The second-order valence-electron chi connectivity index (χ2n) is 5.64. The number of nitrogens with zero attached hydrogens (tertiary/aromatic N) is 2. The van der Waals surface area contributed by atoms with Crippen LogP contribution in [0.25, 0.3) is 10.9 Å². The fourth-order valence-corrected chi connectivity index (χ4v) is 3.35. The molecule has 2 rings (SSSR count). The summed E-state index contributed by atoms with van der Waals surface area (Å²) in [6, 6.07) is 4.38. The smallest absolute Gasteiger partial charge is 0.321 e. The molecule has 0 aliphatic heterocycles. The van der Waals surface area contributed by atoms with Gasteiger partial charge in [-0.05, 0) is 24.6 Å². The lowest BCUT2D eigenvalue weighted by Gasteiger charge is -2.13. The van der Waals surface area contributed by atoms with Crippen molar-refractivity contribution in [3.8, 4) is 0 Å². The fourth-order valence-electron chi connectivity index (χ4n) is 2.36. The normalized spacial score (nSPS) is 10.7. The van der Waals surface area contributed by atoms with Crippen molar-refractivity contribution >= 4 is 46.2 Å². The number of carbonyl (C=O) groups is 2. The van der Waals surface area contributed by atoms with Crippen LogP contribution in [0.15, 0.2) is 28.2 Å². The molecule has 140 valence electrons. The molecule has 3 amide bonds. The maximum absolute atomic E-state index is 12.8. The Morgan fingerprint density at radius 1 is 1.31 bits per heavy atom. The van der Waals surface area contributed by atoms with E-state index in [0.29, 0.717) is 27.6 Å². The monoisotopic (exact) mass is 396 g/mol. The molecule has 0 bridgehead atoms. The molecule has 0 atom stereocenters. The van der Waals surface area contributed by atoms with E-state index in [9.17, 15) is 14.4 Å². The molecule has 0 saturated carbocycles. The lowest BCUT2D eigenvalue weighted by atomic mass is 10.2. The third kappa shape index (κ3) is 5.22. The van der Waals surface area contributed by atoms with Crippen LogP contribution in [0.2, 0.25) is 5.02 Å². The number of unbranched alkanes of at least 4 members (excludes halogenated alkanes) is 2. The summed E-state index contributed by atoms with van der Waals surface area (Å²) in [6.45, 7) is 2.61. The first kappa shape index (κ1) is 20.3. The van der Waals surface area contributed by atoms with E-state index in [0.717, 1.165) is 31.0 Å². The number of rotatable bonds is 7. The Kier molecular flexibility index (Phi) is 7.47. The van der Waals surface area contributed by atoms with Crippen molar-refractivity contribution in [1.29, 1.82) is 0 Å². The lowest BCUT2D eigenvalue weighted by molar-refractivity contribution is -0.117. The highest BCUT2D eigenvalue weighted by atomic mass is 35.5. The van der Waals surface area contributed by atoms with Crippen LogP contribution in [0.4, 0.5) is 4.79 Å². The molecule has 0 spiro atoms. The van der Waals surface area contributed by atoms with Crippen LogP contribution in [-0.2, 0) is 11.3 Å². The molecule has 1 aromatic heterocycles. The zero-order chi connectivity index (χ0) is 19.1. The number of hydrogen-bond donors (Lipinski definition) is 2. The first-order chi connectivity index (χ1) is 12.5. The third-order valence-corrected chi connectivity index (χ3v) is 4.89. The molecule has 1 aromatic carbocycles. The summed E-state index contributed by atoms with van der Waals surface area (Å²) in [7, 11) is 1.43. The minimum absolute atomic E-state index is 0.0281. The molecular weight excluding hydrogens is 376 g/mol. The minimum Gasteiger partial charge on any atom is -0.341 e. The average Bonchev–Trinajstić information content (AvgIpc) is 2.61. The molecule has 0 radical (unpaired) electrons. The maximum atomic E-state index is 12.8. The third-order valence-electron chi connectivity index (χ3n) is 3.68. The topological polar surface area (TPSA) is 93.1 Å². The zero-order valence-corrected chi connectivity index (χ0v) is 16.2. The highest BCUT2D eigenvalue weighted by molar-refractivity contribution is 7.99. The minimum atomic E-state index is -0.575. The molecular formula is C17H21ClN4O3S. The second kappa shape index (κ2) is 9.59. The first-order valence-electron chi connectivity index (χ1n) is 8.30. The number of thioether (sulfide) groups is 1. The summed E-state index contributed by atoms with van der Waals surface area (Å²) in [5.74, 6) is -0.491. The van der Waals surface area contributed by atoms with Gasteiger partial charge in [0, 0.05) is 18.6 Å². The van der Waals surface area contributed by atoms with Crippen LogP contribution >= 0.6 is 23.4 Å². The Hall–Kier alpha value is -2.06. The average molecular weight is 397 g/mol. The van der Waals surface area contributed by atoms with Crippen LogP contribution in [0, 0.1) is 0 Å². The van der Waals surface area contributed by atoms with Gasteiger partial charge in [0.15, 0.2) is 5.16 Å². The van der Waals surface area contributed by atoms with E-state index >= 15 is 0 Å². The summed E-state index contributed by atoms with van der Waals surface area (Å²) in [6.07, 6.45) is 2.86. The predicted molar refractivity (Wildman–Crippen MR) is 104 cm³/mol. The maximum Gasteiger partial charge on any atom is 0.321 e. The molecule has 0 saturated heterocycles. The molecule has 1 heterocycles. The van der Waals surface area contributed by atoms with Gasteiger partial charge in [0.1, 0.15) is 0 Å². The quantitative estimate of drug-likeness (QED) is 0.426. The molecule has 26 heavy (non-hydrogen) atoms. The van der Waals surface area contributed by atoms with Crippen molar-refractivity contribution < 1.29 is 9.59 Å². The number of carbonyl (C=O) groups excluding carboxylic acids is 2. The van der Waals surface area contributed by atoms with E-state index in [1.54, 1.807) is 22.8 Å². The van der Waals surface area contributed by atoms with E-state index < -0.39 is 11.9 Å². The fraction of sp³-hybridized carbons (Fsp3) is 0.412. The van der Waals surface area contributed by atoms with E-state index in [1.807, 2.05) is 0 Å². The number of nitrogens with one attached hydrogen (secondary N) is 2. The Bertz CT molecular complexity index is 869. The molecule has 7 nitrogen and oxygen atoms in total. The number of urea groups is 1. The van der Waals surface area contributed by atoms with Gasteiger partial charge in [0.25, 0.3) is 5.56 Å². The number of hydrogen-bond acceptors (Lipinski definition) is 5. The highest BCUT2D eigenvalue weighted by Crippen LogP contribution is 2.21. The predicted octanol–water partition coefficient (Wildman–Crippen LogP) is 2.79. The second-order valence-corrected chi connectivity index (χ2v) is 7.01. The first-order valence-corrected chi connectivity index (χ1v) is 9.67. The molecule has 0 aliphatic rings. The summed E-state index contributed by atoms with van der Waals surface area (Å²) >= 11 is 7.12. The van der Waals surface area contributed by atoms with Crippen molar-refractivity contribution in [3.63, 3.8) is 0 Å². The van der Waals surface area contributed by atoms with Crippen molar-refractivity contribution in [2.45, 2.75) is 37.9 Å². The van der Waals surface area contributed by atoms with E-state index in [1.165, 1.54) is 7.05 Å². The van der Waals surface area contributed by atoms with Gasteiger partial charge in [-0.1, -0.05) is 43.1 Å². The molecule has 2 aromatic rings. The van der Waals surface area contributed by atoms with E-state index in [2.05, 4.69) is 22.5 Å². The number of halogens is 1. The molecule has 9 heteroatoms. The molecule has 2 N–H and O–H groups in total. The lowest BCUT2D eigenvalue weighted by Crippen LogP contribution is -2.38. The largest absolute Gasteiger partial charge is 0.341 e. The van der Waals surface area contributed by atoms with Gasteiger partial charge in [-0.15, -0.1) is 0 Å². The van der Waals surface area contributed by atoms with Gasteiger partial charge in [-0.25, -0.2) is 9.78 Å². The molecule has 0 aliphatic carbocycles. The van der Waals surface area contributed by atoms with Gasteiger partial charge in [-0.2, -0.15) is 0 Å². The summed E-state index contributed by atoms with van der Waals surface area (Å²) in [4.78, 5) is 40.4. The van der Waals surface area contributed by atoms with Crippen molar-refractivity contribution in [2.24, 2.45) is 0 Å². The van der Waals surface area contributed by atoms with Gasteiger partial charge >= 0.3 is 6.03 Å². The standard InChI is InChI=1S/C17H21ClN4O3S/c1-3-4-5-8-22-15(24)12-7-6-11(18)9-13(12)20-17(22)26-10-14(23)21-16(25)19-2/h6-7,9H,3-5,8,10H2,1-2H3,(H2,19,21,23,25). The van der Waals surface area contributed by atoms with Gasteiger partial charge in [-0.3, -0.25) is 19.5 Å². The van der Waals surface area contributed by atoms with Gasteiger partial charge in [0.05, 0.1) is 16.7 Å². The Morgan fingerprint density at radius 2 is 2.08 bits per heavy atom. The summed E-state index contributed by atoms with van der Waals surface area (Å²) in [5, 5.41) is 5.92. The van der Waals surface area contributed by atoms with Crippen LogP contribution in [0.5, 0.6) is 0 Å². The van der Waals surface area contributed by atoms with Crippen molar-refractivity contribution in [1.82, 2.24) is 20.2 Å². The van der Waals surface area contributed by atoms with Crippen LogP contribution < -0.4 is 16.2 Å². The summed E-state index contributed by atoms with van der Waals surface area (Å²) < 4.78 is 1.59. The van der Waals surface area contributed by atoms with Gasteiger partial charge < -0.3 is 5.32 Å². The Morgan fingerprint density at radius 3 is 2.77 bits per heavy atom. The number of aromatic nitrogens is 2. The number of amides is 3. The van der Waals surface area contributed by atoms with Gasteiger partial charge in [0.2, 0.25) is 5.91 Å². The van der Waals surface area contributed by atoms with Crippen LogP contribution in [-0.4, -0.2) is 34.3 Å². The summed E-state index contributed by atoms with van der Waals surface area (Å²) in [5.41, 5.74) is 0.334. The van der Waals surface area contributed by atoms with Crippen LogP contribution in [0.1, 0.15) is 26.2 Å². The van der Waals surface area contributed by atoms with Crippen molar-refractivity contribution in [3.05, 3.63) is 33.6 Å². The molecule has 0 unspecified atom stereocenters.